The Morgan fingerprint density at radius 2 is 2.00 bits per heavy atom. The fraction of sp³-hybridized carbons (Fsp3) is 0. The molecular formula is C15H10ClFN2O. The van der Waals surface area contributed by atoms with Gasteiger partial charge in [-0.15, -0.1) is 0 Å². The van der Waals surface area contributed by atoms with Crippen LogP contribution < -0.4 is 5.73 Å². The fourth-order valence-electron chi connectivity index (χ4n) is 2.11. The topological polar surface area (TPSA) is 58.9 Å². The number of nitrogen functional groups attached to an aromatic ring is 1. The van der Waals surface area contributed by atoms with Crippen LogP contribution in [0.25, 0.3) is 10.9 Å². The first-order valence-corrected chi connectivity index (χ1v) is 6.30. The van der Waals surface area contributed by atoms with Gasteiger partial charge in [0.25, 0.3) is 0 Å². The Labute approximate surface area is 119 Å². The van der Waals surface area contributed by atoms with Gasteiger partial charge >= 0.3 is 0 Å². The number of hydrogen-bond donors (Lipinski definition) is 2. The Morgan fingerprint density at radius 1 is 1.20 bits per heavy atom. The van der Waals surface area contributed by atoms with Gasteiger partial charge in [0.05, 0.1) is 5.69 Å². The lowest BCUT2D eigenvalue weighted by atomic mass is 10.0. The monoisotopic (exact) mass is 288 g/mol. The molecule has 0 unspecified atom stereocenters. The number of hydrogen-bond acceptors (Lipinski definition) is 2. The lowest BCUT2D eigenvalue weighted by Crippen LogP contribution is -2.02. The van der Waals surface area contributed by atoms with Crippen LogP contribution >= 0.6 is 11.6 Å². The normalized spacial score (nSPS) is 10.9. The van der Waals surface area contributed by atoms with E-state index in [1.54, 1.807) is 24.4 Å². The highest BCUT2D eigenvalue weighted by atomic mass is 35.5. The summed E-state index contributed by atoms with van der Waals surface area (Å²) in [6, 6.07) is 9.24. The molecular weight excluding hydrogens is 279 g/mol. The maximum atomic E-state index is 13.4. The highest BCUT2D eigenvalue weighted by molar-refractivity contribution is 6.31. The van der Waals surface area contributed by atoms with Gasteiger partial charge in [0.1, 0.15) is 5.82 Å². The van der Waals surface area contributed by atoms with E-state index in [2.05, 4.69) is 4.98 Å². The van der Waals surface area contributed by atoms with Crippen LogP contribution in [0.15, 0.2) is 42.6 Å². The molecule has 3 N–H and O–H groups in total. The van der Waals surface area contributed by atoms with Gasteiger partial charge in [-0.2, -0.15) is 0 Å². The lowest BCUT2D eigenvalue weighted by molar-refractivity contribution is 0.104. The second kappa shape index (κ2) is 4.65. The molecule has 0 bridgehead atoms. The van der Waals surface area contributed by atoms with Gasteiger partial charge in [-0.1, -0.05) is 17.7 Å². The number of halogens is 2. The maximum Gasteiger partial charge on any atom is 0.195 e. The first kappa shape index (κ1) is 12.7. The van der Waals surface area contributed by atoms with E-state index in [1.807, 2.05) is 0 Å². The zero-order valence-electron chi connectivity index (χ0n) is 10.3. The zero-order chi connectivity index (χ0) is 14.3. The lowest BCUT2D eigenvalue weighted by Gasteiger charge is -2.02. The first-order valence-electron chi connectivity index (χ1n) is 5.92. The summed E-state index contributed by atoms with van der Waals surface area (Å²) in [7, 11) is 0. The van der Waals surface area contributed by atoms with Gasteiger partial charge in [0.15, 0.2) is 5.78 Å². The number of rotatable bonds is 2. The number of ketones is 1. The molecule has 0 aliphatic heterocycles. The van der Waals surface area contributed by atoms with Crippen LogP contribution in [0.5, 0.6) is 0 Å². The van der Waals surface area contributed by atoms with Gasteiger partial charge in [-0.25, -0.2) is 4.39 Å². The summed E-state index contributed by atoms with van der Waals surface area (Å²) in [5, 5.41) is 1.33. The zero-order valence-corrected chi connectivity index (χ0v) is 11.0. The number of aromatic nitrogens is 1. The van der Waals surface area contributed by atoms with Crippen LogP contribution in [-0.4, -0.2) is 10.8 Å². The van der Waals surface area contributed by atoms with Crippen LogP contribution in [-0.2, 0) is 0 Å². The van der Waals surface area contributed by atoms with E-state index >= 15 is 0 Å². The summed E-state index contributed by atoms with van der Waals surface area (Å²) in [4.78, 5) is 15.4. The standard InChI is InChI=1S/C15H10ClFN2O/c16-9-2-3-10-11(7-19-14(10)6-9)15(20)8-1-4-13(18)12(17)5-8/h1-7,19H,18H2. The van der Waals surface area contributed by atoms with Crippen LogP contribution in [0.4, 0.5) is 10.1 Å². The molecule has 0 saturated carbocycles. The fourth-order valence-corrected chi connectivity index (χ4v) is 2.28. The molecule has 0 amide bonds. The third-order valence-corrected chi connectivity index (χ3v) is 3.39. The van der Waals surface area contributed by atoms with Crippen molar-refractivity contribution in [2.45, 2.75) is 0 Å². The quantitative estimate of drug-likeness (QED) is 0.557. The number of H-pyrrole nitrogens is 1. The molecule has 3 aromatic rings. The third kappa shape index (κ3) is 2.04. The molecule has 1 heterocycles. The molecule has 0 spiro atoms. The molecule has 5 heteroatoms. The Kier molecular flexibility index (Phi) is 2.95. The summed E-state index contributed by atoms with van der Waals surface area (Å²) >= 11 is 5.89. The van der Waals surface area contributed by atoms with Gasteiger partial charge in [0.2, 0.25) is 0 Å². The molecule has 0 radical (unpaired) electrons. The van der Waals surface area contributed by atoms with E-state index in [9.17, 15) is 9.18 Å². The van der Waals surface area contributed by atoms with Gasteiger partial charge in [0, 0.05) is 33.2 Å². The largest absolute Gasteiger partial charge is 0.396 e. The average Bonchev–Trinajstić information content (AvgIpc) is 2.84. The third-order valence-electron chi connectivity index (χ3n) is 3.15. The van der Waals surface area contributed by atoms with Crippen LogP contribution in [0.2, 0.25) is 5.02 Å². The van der Waals surface area contributed by atoms with Crippen molar-refractivity contribution in [2.24, 2.45) is 0 Å². The molecule has 3 rings (SSSR count). The van der Waals surface area contributed by atoms with E-state index in [0.717, 1.165) is 17.0 Å². The molecule has 20 heavy (non-hydrogen) atoms. The number of benzene rings is 2. The highest BCUT2D eigenvalue weighted by Gasteiger charge is 2.15. The SMILES string of the molecule is Nc1ccc(C(=O)c2c[nH]c3cc(Cl)ccc23)cc1F. The number of carbonyl (C=O) groups is 1. The van der Waals surface area contributed by atoms with Crippen molar-refractivity contribution >= 4 is 34.0 Å². The Morgan fingerprint density at radius 3 is 2.75 bits per heavy atom. The molecule has 3 nitrogen and oxygen atoms in total. The number of aromatic amines is 1. The molecule has 1 aromatic heterocycles. The number of anilines is 1. The van der Waals surface area contributed by atoms with Gasteiger partial charge < -0.3 is 10.7 Å². The van der Waals surface area contributed by atoms with E-state index in [1.165, 1.54) is 12.1 Å². The van der Waals surface area contributed by atoms with Crippen molar-refractivity contribution in [3.63, 3.8) is 0 Å². The van der Waals surface area contributed by atoms with E-state index in [0.29, 0.717) is 10.6 Å². The van der Waals surface area contributed by atoms with E-state index in [-0.39, 0.29) is 17.0 Å². The summed E-state index contributed by atoms with van der Waals surface area (Å²) in [5.74, 6) is -0.865. The molecule has 0 saturated heterocycles. The van der Waals surface area contributed by atoms with Crippen molar-refractivity contribution in [2.75, 3.05) is 5.73 Å². The average molecular weight is 289 g/mol. The second-order valence-electron chi connectivity index (χ2n) is 4.46. The molecule has 0 aliphatic carbocycles. The van der Waals surface area contributed by atoms with Crippen molar-refractivity contribution in [1.29, 1.82) is 0 Å². The summed E-state index contributed by atoms with van der Waals surface area (Å²) in [6.07, 6.45) is 1.59. The van der Waals surface area contributed by atoms with E-state index < -0.39 is 5.82 Å². The smallest absolute Gasteiger partial charge is 0.195 e. The van der Waals surface area contributed by atoms with E-state index in [4.69, 9.17) is 17.3 Å². The van der Waals surface area contributed by atoms with Gasteiger partial charge in [-0.05, 0) is 30.3 Å². The summed E-state index contributed by atoms with van der Waals surface area (Å²) in [6.45, 7) is 0. The number of fused-ring (bicyclic) bond motifs is 1. The van der Waals surface area contributed by atoms with Crippen molar-refractivity contribution < 1.29 is 9.18 Å². The van der Waals surface area contributed by atoms with Crippen LogP contribution in [0.3, 0.4) is 0 Å². The predicted molar refractivity (Wildman–Crippen MR) is 77.6 cm³/mol. The molecule has 2 aromatic carbocycles. The van der Waals surface area contributed by atoms with Crippen molar-refractivity contribution in [3.8, 4) is 0 Å². The summed E-state index contributed by atoms with van der Waals surface area (Å²) in [5.41, 5.74) is 6.92. The summed E-state index contributed by atoms with van der Waals surface area (Å²) < 4.78 is 13.4. The Bertz CT molecular complexity index is 826. The molecule has 0 aliphatic rings. The van der Waals surface area contributed by atoms with Crippen molar-refractivity contribution in [1.82, 2.24) is 4.98 Å². The number of nitrogens with two attached hydrogens (primary N) is 1. The molecule has 0 fully saturated rings. The maximum absolute atomic E-state index is 13.4. The van der Waals surface area contributed by atoms with Crippen LogP contribution in [0.1, 0.15) is 15.9 Å². The minimum Gasteiger partial charge on any atom is -0.396 e. The molecule has 100 valence electrons. The second-order valence-corrected chi connectivity index (χ2v) is 4.89. The minimum atomic E-state index is -0.598. The first-order chi connectivity index (χ1) is 9.56. The van der Waals surface area contributed by atoms with Crippen LogP contribution in [0, 0.1) is 5.82 Å². The molecule has 0 atom stereocenters. The number of carbonyl (C=O) groups excluding carboxylic acids is 1. The predicted octanol–water partition coefficient (Wildman–Crippen LogP) is 3.77. The minimum absolute atomic E-state index is 0.0206. The Hall–Kier alpha value is -2.33. The Balaban J connectivity index is 2.10. The van der Waals surface area contributed by atoms with Crippen molar-refractivity contribution in [3.05, 3.63) is 64.6 Å². The highest BCUT2D eigenvalue weighted by Crippen LogP contribution is 2.24. The number of nitrogens with one attached hydrogen (secondary N) is 1. The van der Waals surface area contributed by atoms with Gasteiger partial charge in [-0.3, -0.25) is 4.79 Å².